The van der Waals surface area contributed by atoms with Crippen LogP contribution in [0.1, 0.15) is 5.69 Å². The van der Waals surface area contributed by atoms with E-state index in [1.54, 1.807) is 6.20 Å². The van der Waals surface area contributed by atoms with E-state index in [0.717, 1.165) is 11.5 Å². The van der Waals surface area contributed by atoms with Gasteiger partial charge >= 0.3 is 0 Å². The van der Waals surface area contributed by atoms with Crippen molar-refractivity contribution in [1.82, 2.24) is 9.36 Å². The molecule has 0 unspecified atom stereocenters. The van der Waals surface area contributed by atoms with Crippen molar-refractivity contribution in [2.24, 2.45) is 0 Å². The maximum absolute atomic E-state index is 4.41. The molecule has 0 saturated carbocycles. The SMILES string of the molecule is c1ccc(CNc2nsc3ccccc23)nc1. The van der Waals surface area contributed by atoms with Gasteiger partial charge in [0.25, 0.3) is 0 Å². The zero-order chi connectivity index (χ0) is 11.5. The van der Waals surface area contributed by atoms with Crippen LogP contribution in [0.4, 0.5) is 5.82 Å². The summed E-state index contributed by atoms with van der Waals surface area (Å²) in [6.07, 6.45) is 1.80. The molecule has 0 atom stereocenters. The molecule has 0 saturated heterocycles. The molecule has 0 radical (unpaired) electrons. The number of fused-ring (bicyclic) bond motifs is 1. The lowest BCUT2D eigenvalue weighted by Crippen LogP contribution is -2.01. The summed E-state index contributed by atoms with van der Waals surface area (Å²) in [7, 11) is 0. The maximum Gasteiger partial charge on any atom is 0.147 e. The Morgan fingerprint density at radius 2 is 1.94 bits per heavy atom. The summed E-state index contributed by atoms with van der Waals surface area (Å²) in [6, 6.07) is 14.1. The molecule has 0 fully saturated rings. The Morgan fingerprint density at radius 1 is 1.06 bits per heavy atom. The third kappa shape index (κ3) is 2.12. The topological polar surface area (TPSA) is 37.8 Å². The monoisotopic (exact) mass is 241 g/mol. The Bertz CT molecular complexity index is 619. The Balaban J connectivity index is 1.82. The van der Waals surface area contributed by atoms with Crippen molar-refractivity contribution in [3.05, 3.63) is 54.4 Å². The molecule has 0 aliphatic rings. The molecule has 0 aliphatic carbocycles. The van der Waals surface area contributed by atoms with Crippen molar-refractivity contribution in [3.8, 4) is 0 Å². The molecular formula is C13H11N3S. The van der Waals surface area contributed by atoms with E-state index in [4.69, 9.17) is 0 Å². The minimum atomic E-state index is 0.703. The van der Waals surface area contributed by atoms with Crippen LogP contribution in [0, 0.1) is 0 Å². The van der Waals surface area contributed by atoms with Gasteiger partial charge in [-0.2, -0.15) is 4.37 Å². The number of benzene rings is 1. The molecule has 17 heavy (non-hydrogen) atoms. The lowest BCUT2D eigenvalue weighted by atomic mass is 10.2. The first-order chi connectivity index (χ1) is 8.43. The molecule has 3 aromatic rings. The van der Waals surface area contributed by atoms with Crippen LogP contribution in [-0.2, 0) is 6.54 Å². The van der Waals surface area contributed by atoms with Crippen LogP contribution in [0.5, 0.6) is 0 Å². The molecule has 0 amide bonds. The molecule has 2 aromatic heterocycles. The Morgan fingerprint density at radius 3 is 2.82 bits per heavy atom. The average Bonchev–Trinajstić information content (AvgIpc) is 2.81. The minimum Gasteiger partial charge on any atom is -0.363 e. The van der Waals surface area contributed by atoms with E-state index in [0.29, 0.717) is 6.54 Å². The van der Waals surface area contributed by atoms with Gasteiger partial charge in [0.1, 0.15) is 5.82 Å². The number of aromatic nitrogens is 2. The summed E-state index contributed by atoms with van der Waals surface area (Å²) in [5.41, 5.74) is 1.02. The molecule has 0 bridgehead atoms. The summed E-state index contributed by atoms with van der Waals surface area (Å²) < 4.78 is 5.62. The molecule has 4 heteroatoms. The largest absolute Gasteiger partial charge is 0.363 e. The second kappa shape index (κ2) is 4.51. The fraction of sp³-hybridized carbons (Fsp3) is 0.0769. The van der Waals surface area contributed by atoms with Crippen molar-refractivity contribution in [2.75, 3.05) is 5.32 Å². The molecule has 1 N–H and O–H groups in total. The fourth-order valence-electron chi connectivity index (χ4n) is 1.69. The molecule has 0 spiro atoms. The van der Waals surface area contributed by atoms with Gasteiger partial charge < -0.3 is 5.32 Å². The van der Waals surface area contributed by atoms with Gasteiger partial charge in [-0.3, -0.25) is 4.98 Å². The third-order valence-electron chi connectivity index (χ3n) is 2.54. The van der Waals surface area contributed by atoms with Gasteiger partial charge in [-0.25, -0.2) is 0 Å². The van der Waals surface area contributed by atoms with E-state index in [9.17, 15) is 0 Å². The average molecular weight is 241 g/mol. The first-order valence-electron chi connectivity index (χ1n) is 5.42. The Kier molecular flexibility index (Phi) is 2.71. The second-order valence-electron chi connectivity index (χ2n) is 3.70. The second-order valence-corrected chi connectivity index (χ2v) is 4.51. The highest BCUT2D eigenvalue weighted by atomic mass is 32.1. The fourth-order valence-corrected chi connectivity index (χ4v) is 2.45. The Labute approximate surface area is 103 Å². The van der Waals surface area contributed by atoms with Gasteiger partial charge in [0.15, 0.2) is 0 Å². The smallest absolute Gasteiger partial charge is 0.147 e. The summed E-state index contributed by atoms with van der Waals surface area (Å²) in [5.74, 6) is 0.941. The van der Waals surface area contributed by atoms with Crippen molar-refractivity contribution in [1.29, 1.82) is 0 Å². The van der Waals surface area contributed by atoms with Crippen LogP contribution in [-0.4, -0.2) is 9.36 Å². The van der Waals surface area contributed by atoms with Gasteiger partial charge in [-0.1, -0.05) is 18.2 Å². The number of pyridine rings is 1. The van der Waals surface area contributed by atoms with E-state index in [-0.39, 0.29) is 0 Å². The van der Waals surface area contributed by atoms with E-state index in [1.807, 2.05) is 30.3 Å². The zero-order valence-corrected chi connectivity index (χ0v) is 9.95. The maximum atomic E-state index is 4.41. The lowest BCUT2D eigenvalue weighted by Gasteiger charge is -2.02. The minimum absolute atomic E-state index is 0.703. The lowest BCUT2D eigenvalue weighted by molar-refractivity contribution is 1.04. The highest BCUT2D eigenvalue weighted by molar-refractivity contribution is 7.13. The molecule has 3 rings (SSSR count). The number of rotatable bonds is 3. The van der Waals surface area contributed by atoms with Crippen molar-refractivity contribution in [3.63, 3.8) is 0 Å². The van der Waals surface area contributed by atoms with Crippen LogP contribution in [0.25, 0.3) is 10.1 Å². The summed E-state index contributed by atoms with van der Waals surface area (Å²) >= 11 is 1.52. The first kappa shape index (κ1) is 10.2. The third-order valence-corrected chi connectivity index (χ3v) is 3.37. The highest BCUT2D eigenvalue weighted by Gasteiger charge is 2.04. The van der Waals surface area contributed by atoms with Crippen LogP contribution >= 0.6 is 11.5 Å². The van der Waals surface area contributed by atoms with Crippen LogP contribution in [0.3, 0.4) is 0 Å². The van der Waals surface area contributed by atoms with Gasteiger partial charge in [-0.05, 0) is 35.8 Å². The van der Waals surface area contributed by atoms with Crippen LogP contribution in [0.15, 0.2) is 48.7 Å². The van der Waals surface area contributed by atoms with Crippen LogP contribution in [0.2, 0.25) is 0 Å². The molecular weight excluding hydrogens is 230 g/mol. The zero-order valence-electron chi connectivity index (χ0n) is 9.13. The number of nitrogens with zero attached hydrogens (tertiary/aromatic N) is 2. The Hall–Kier alpha value is -1.94. The van der Waals surface area contributed by atoms with E-state index in [2.05, 4.69) is 26.8 Å². The molecule has 0 aliphatic heterocycles. The summed E-state index contributed by atoms with van der Waals surface area (Å²) in [5, 5.41) is 4.50. The van der Waals surface area contributed by atoms with Gasteiger partial charge in [0.05, 0.1) is 16.9 Å². The van der Waals surface area contributed by atoms with Gasteiger partial charge in [0, 0.05) is 11.6 Å². The van der Waals surface area contributed by atoms with Crippen molar-refractivity contribution in [2.45, 2.75) is 6.54 Å². The van der Waals surface area contributed by atoms with Crippen molar-refractivity contribution >= 4 is 27.4 Å². The number of nitrogens with one attached hydrogen (secondary N) is 1. The van der Waals surface area contributed by atoms with Gasteiger partial charge in [0.2, 0.25) is 0 Å². The van der Waals surface area contributed by atoms with Gasteiger partial charge in [-0.15, -0.1) is 0 Å². The summed E-state index contributed by atoms with van der Waals surface area (Å²) in [4.78, 5) is 4.27. The number of anilines is 1. The highest BCUT2D eigenvalue weighted by Crippen LogP contribution is 2.26. The van der Waals surface area contributed by atoms with Crippen LogP contribution < -0.4 is 5.32 Å². The number of hydrogen-bond acceptors (Lipinski definition) is 4. The van der Waals surface area contributed by atoms with E-state index < -0.39 is 0 Å². The predicted molar refractivity (Wildman–Crippen MR) is 71.2 cm³/mol. The first-order valence-corrected chi connectivity index (χ1v) is 6.19. The standard InChI is InChI=1S/C13H11N3S/c1-2-7-12-11(6-1)13(16-17-12)15-9-10-5-3-4-8-14-10/h1-8H,9H2,(H,15,16). The quantitative estimate of drug-likeness (QED) is 0.764. The predicted octanol–water partition coefficient (Wildman–Crippen LogP) is 3.30. The van der Waals surface area contributed by atoms with E-state index >= 15 is 0 Å². The molecule has 1 aromatic carbocycles. The molecule has 84 valence electrons. The van der Waals surface area contributed by atoms with Crippen molar-refractivity contribution < 1.29 is 0 Å². The normalized spacial score (nSPS) is 10.6. The molecule has 3 nitrogen and oxygen atoms in total. The van der Waals surface area contributed by atoms with E-state index in [1.165, 1.54) is 21.6 Å². The molecule has 2 heterocycles. The summed E-state index contributed by atoms with van der Waals surface area (Å²) in [6.45, 7) is 0.703. The number of hydrogen-bond donors (Lipinski definition) is 1.